The molecule has 0 aliphatic heterocycles. The van der Waals surface area contributed by atoms with E-state index >= 15 is 0 Å². The first-order chi connectivity index (χ1) is 10.2. The van der Waals surface area contributed by atoms with Gasteiger partial charge in [-0.3, -0.25) is 4.79 Å². The SMILES string of the molecule is COCc1ccccc1NCC(=O)Nc1ccc(Cl)cn1. The Labute approximate surface area is 128 Å². The summed E-state index contributed by atoms with van der Waals surface area (Å²) in [4.78, 5) is 15.9. The molecule has 0 bridgehead atoms. The van der Waals surface area contributed by atoms with Crippen molar-refractivity contribution < 1.29 is 9.53 Å². The molecule has 0 spiro atoms. The van der Waals surface area contributed by atoms with E-state index < -0.39 is 0 Å². The number of ether oxygens (including phenoxy) is 1. The van der Waals surface area contributed by atoms with Crippen LogP contribution in [0.25, 0.3) is 0 Å². The molecule has 0 aliphatic carbocycles. The number of pyridine rings is 1. The number of rotatable bonds is 6. The molecule has 1 heterocycles. The van der Waals surface area contributed by atoms with Gasteiger partial charge in [0.25, 0.3) is 0 Å². The summed E-state index contributed by atoms with van der Waals surface area (Å²) in [5, 5.41) is 6.30. The molecule has 0 atom stereocenters. The number of amides is 1. The van der Waals surface area contributed by atoms with E-state index in [1.54, 1.807) is 19.2 Å². The van der Waals surface area contributed by atoms with Crippen LogP contribution < -0.4 is 10.6 Å². The molecule has 2 rings (SSSR count). The number of para-hydroxylation sites is 1. The third kappa shape index (κ3) is 4.73. The average molecular weight is 306 g/mol. The van der Waals surface area contributed by atoms with Crippen LogP contribution in [0.5, 0.6) is 0 Å². The first-order valence-electron chi connectivity index (χ1n) is 6.41. The van der Waals surface area contributed by atoms with E-state index in [2.05, 4.69) is 15.6 Å². The minimum absolute atomic E-state index is 0.144. The van der Waals surface area contributed by atoms with Crippen molar-refractivity contribution in [3.63, 3.8) is 0 Å². The summed E-state index contributed by atoms with van der Waals surface area (Å²) in [5.41, 5.74) is 1.87. The van der Waals surface area contributed by atoms with Crippen LogP contribution in [0, 0.1) is 0 Å². The van der Waals surface area contributed by atoms with Crippen molar-refractivity contribution in [2.45, 2.75) is 6.61 Å². The second kappa shape index (κ2) is 7.61. The van der Waals surface area contributed by atoms with Crippen LogP contribution in [0.2, 0.25) is 5.02 Å². The lowest BCUT2D eigenvalue weighted by molar-refractivity contribution is -0.114. The molecule has 1 aromatic heterocycles. The summed E-state index contributed by atoms with van der Waals surface area (Å²) in [7, 11) is 1.63. The lowest BCUT2D eigenvalue weighted by Gasteiger charge is -2.11. The van der Waals surface area contributed by atoms with E-state index in [0.717, 1.165) is 11.3 Å². The van der Waals surface area contributed by atoms with Crippen molar-refractivity contribution in [1.29, 1.82) is 0 Å². The Morgan fingerprint density at radius 3 is 2.81 bits per heavy atom. The number of carbonyl (C=O) groups excluding carboxylic acids is 1. The zero-order valence-electron chi connectivity index (χ0n) is 11.6. The quantitative estimate of drug-likeness (QED) is 0.861. The van der Waals surface area contributed by atoms with Crippen LogP contribution in [0.15, 0.2) is 42.6 Å². The Balaban J connectivity index is 1.90. The highest BCUT2D eigenvalue weighted by atomic mass is 35.5. The Bertz CT molecular complexity index is 602. The molecule has 0 saturated carbocycles. The summed E-state index contributed by atoms with van der Waals surface area (Å²) < 4.78 is 5.12. The first kappa shape index (κ1) is 15.3. The maximum absolute atomic E-state index is 11.9. The maximum atomic E-state index is 11.9. The van der Waals surface area contributed by atoms with Gasteiger partial charge in [-0.15, -0.1) is 0 Å². The predicted molar refractivity (Wildman–Crippen MR) is 83.5 cm³/mol. The zero-order valence-corrected chi connectivity index (χ0v) is 12.4. The maximum Gasteiger partial charge on any atom is 0.244 e. The molecule has 1 amide bonds. The number of hydrogen-bond donors (Lipinski definition) is 2. The van der Waals surface area contributed by atoms with Gasteiger partial charge in [0.1, 0.15) is 5.82 Å². The van der Waals surface area contributed by atoms with Crippen LogP contribution in [-0.2, 0) is 16.1 Å². The highest BCUT2D eigenvalue weighted by Crippen LogP contribution is 2.15. The number of hydrogen-bond acceptors (Lipinski definition) is 4. The second-order valence-electron chi connectivity index (χ2n) is 4.35. The van der Waals surface area contributed by atoms with E-state index in [0.29, 0.717) is 17.4 Å². The summed E-state index contributed by atoms with van der Waals surface area (Å²) in [6, 6.07) is 11.0. The van der Waals surface area contributed by atoms with Crippen LogP contribution in [0.3, 0.4) is 0 Å². The number of anilines is 2. The van der Waals surface area contributed by atoms with Crippen LogP contribution in [0.1, 0.15) is 5.56 Å². The fourth-order valence-corrected chi connectivity index (χ4v) is 1.90. The molecule has 2 aromatic rings. The lowest BCUT2D eigenvalue weighted by atomic mass is 10.2. The Hall–Kier alpha value is -2.11. The summed E-state index contributed by atoms with van der Waals surface area (Å²) >= 11 is 5.74. The number of nitrogens with zero attached hydrogens (tertiary/aromatic N) is 1. The van der Waals surface area contributed by atoms with Crippen molar-refractivity contribution in [1.82, 2.24) is 4.98 Å². The van der Waals surface area contributed by atoms with Crippen LogP contribution >= 0.6 is 11.6 Å². The lowest BCUT2D eigenvalue weighted by Crippen LogP contribution is -2.22. The molecule has 6 heteroatoms. The Kier molecular flexibility index (Phi) is 5.54. The normalized spacial score (nSPS) is 10.2. The standard InChI is InChI=1S/C15H16ClN3O2/c1-21-10-11-4-2-3-5-13(11)17-9-15(20)19-14-7-6-12(16)8-18-14/h2-8,17H,9-10H2,1H3,(H,18,19,20). The van der Waals surface area contributed by atoms with Crippen LogP contribution in [-0.4, -0.2) is 24.5 Å². The first-order valence-corrected chi connectivity index (χ1v) is 6.79. The smallest absolute Gasteiger partial charge is 0.244 e. The van der Waals surface area contributed by atoms with Crippen molar-refractivity contribution >= 4 is 29.0 Å². The molecule has 1 aromatic carbocycles. The molecule has 0 radical (unpaired) electrons. The van der Waals surface area contributed by atoms with Gasteiger partial charge in [-0.25, -0.2) is 4.98 Å². The summed E-state index contributed by atoms with van der Waals surface area (Å²) in [5.74, 6) is 0.286. The van der Waals surface area contributed by atoms with Gasteiger partial charge in [0.15, 0.2) is 0 Å². The summed E-state index contributed by atoms with van der Waals surface area (Å²) in [6.07, 6.45) is 1.48. The third-order valence-electron chi connectivity index (χ3n) is 2.75. The van der Waals surface area contributed by atoms with E-state index in [9.17, 15) is 4.79 Å². The van der Waals surface area contributed by atoms with Crippen molar-refractivity contribution in [2.24, 2.45) is 0 Å². The average Bonchev–Trinajstić information content (AvgIpc) is 2.49. The second-order valence-corrected chi connectivity index (χ2v) is 4.79. The molecule has 0 fully saturated rings. The topological polar surface area (TPSA) is 63.2 Å². The van der Waals surface area contributed by atoms with Gasteiger partial charge < -0.3 is 15.4 Å². The highest BCUT2D eigenvalue weighted by Gasteiger charge is 2.05. The molecule has 0 aliphatic rings. The van der Waals surface area contributed by atoms with E-state index in [1.807, 2.05) is 24.3 Å². The Morgan fingerprint density at radius 2 is 2.10 bits per heavy atom. The molecular weight excluding hydrogens is 290 g/mol. The predicted octanol–water partition coefficient (Wildman–Crippen LogP) is 2.93. The minimum Gasteiger partial charge on any atom is -0.380 e. The fraction of sp³-hybridized carbons (Fsp3) is 0.200. The highest BCUT2D eigenvalue weighted by molar-refractivity contribution is 6.30. The monoisotopic (exact) mass is 305 g/mol. The summed E-state index contributed by atoms with van der Waals surface area (Å²) in [6.45, 7) is 0.633. The minimum atomic E-state index is -0.183. The Morgan fingerprint density at radius 1 is 1.29 bits per heavy atom. The molecule has 2 N–H and O–H groups in total. The number of nitrogens with one attached hydrogen (secondary N) is 2. The third-order valence-corrected chi connectivity index (χ3v) is 2.98. The molecular formula is C15H16ClN3O2. The number of carbonyl (C=O) groups is 1. The molecule has 0 saturated heterocycles. The van der Waals surface area contributed by atoms with Gasteiger partial charge in [-0.2, -0.15) is 0 Å². The molecule has 5 nitrogen and oxygen atoms in total. The van der Waals surface area contributed by atoms with Crippen molar-refractivity contribution in [2.75, 3.05) is 24.3 Å². The van der Waals surface area contributed by atoms with E-state index in [-0.39, 0.29) is 12.5 Å². The number of halogens is 1. The number of benzene rings is 1. The van der Waals surface area contributed by atoms with Gasteiger partial charge in [-0.1, -0.05) is 29.8 Å². The molecule has 0 unspecified atom stereocenters. The number of aromatic nitrogens is 1. The molecule has 110 valence electrons. The van der Waals surface area contributed by atoms with Crippen LogP contribution in [0.4, 0.5) is 11.5 Å². The van der Waals surface area contributed by atoms with E-state index in [1.165, 1.54) is 6.20 Å². The van der Waals surface area contributed by atoms with Crippen molar-refractivity contribution in [3.8, 4) is 0 Å². The van der Waals surface area contributed by atoms with Gasteiger partial charge in [0.2, 0.25) is 5.91 Å². The largest absolute Gasteiger partial charge is 0.380 e. The zero-order chi connectivity index (χ0) is 15.1. The van der Waals surface area contributed by atoms with Gasteiger partial charge in [-0.05, 0) is 18.2 Å². The fourth-order valence-electron chi connectivity index (χ4n) is 1.79. The van der Waals surface area contributed by atoms with Crippen molar-refractivity contribution in [3.05, 3.63) is 53.2 Å². The van der Waals surface area contributed by atoms with Gasteiger partial charge in [0, 0.05) is 24.6 Å². The van der Waals surface area contributed by atoms with Gasteiger partial charge in [0.05, 0.1) is 18.2 Å². The molecule has 21 heavy (non-hydrogen) atoms. The van der Waals surface area contributed by atoms with E-state index in [4.69, 9.17) is 16.3 Å². The number of methoxy groups -OCH3 is 1. The van der Waals surface area contributed by atoms with Gasteiger partial charge >= 0.3 is 0 Å².